The lowest BCUT2D eigenvalue weighted by Crippen LogP contribution is -2.56. The first-order valence-electron chi connectivity index (χ1n) is 9.07. The van der Waals surface area contributed by atoms with Crippen LogP contribution >= 0.6 is 0 Å². The van der Waals surface area contributed by atoms with Gasteiger partial charge in [-0.25, -0.2) is 0 Å². The second-order valence-electron chi connectivity index (χ2n) is 6.45. The van der Waals surface area contributed by atoms with Crippen LogP contribution in [0.2, 0.25) is 0 Å². The fraction of sp³-hybridized carbons (Fsp3) is 0.368. The molecule has 0 atom stereocenters. The van der Waals surface area contributed by atoms with Crippen LogP contribution in [-0.4, -0.2) is 57.0 Å². The fourth-order valence-electron chi connectivity index (χ4n) is 3.04. The first kappa shape index (κ1) is 18.2. The normalized spacial score (nSPS) is 14.1. The number of rotatable bonds is 7. The van der Waals surface area contributed by atoms with Crippen molar-refractivity contribution in [2.24, 2.45) is 0 Å². The topological polar surface area (TPSA) is 95.5 Å². The Morgan fingerprint density at radius 3 is 2.75 bits per heavy atom. The van der Waals surface area contributed by atoms with E-state index < -0.39 is 0 Å². The highest BCUT2D eigenvalue weighted by atomic mass is 16.5. The highest BCUT2D eigenvalue weighted by Gasteiger charge is 2.34. The van der Waals surface area contributed by atoms with Gasteiger partial charge in [-0.3, -0.25) is 9.48 Å². The van der Waals surface area contributed by atoms with Gasteiger partial charge in [-0.15, -0.1) is 0 Å². The summed E-state index contributed by atoms with van der Waals surface area (Å²) in [7, 11) is 1.57. The predicted molar refractivity (Wildman–Crippen MR) is 98.7 cm³/mol. The Hall–Kier alpha value is -3.20. The number of aromatic nitrogens is 4. The van der Waals surface area contributed by atoms with Gasteiger partial charge >= 0.3 is 0 Å². The second kappa shape index (κ2) is 7.81. The van der Waals surface area contributed by atoms with Crippen LogP contribution in [0.3, 0.4) is 0 Å². The van der Waals surface area contributed by atoms with E-state index in [1.54, 1.807) is 29.0 Å². The molecule has 1 saturated heterocycles. The molecule has 3 heterocycles. The zero-order chi connectivity index (χ0) is 19.5. The number of methoxy groups -OCH3 is 1. The molecule has 1 amide bonds. The average molecular weight is 383 g/mol. The van der Waals surface area contributed by atoms with E-state index in [0.29, 0.717) is 37.0 Å². The molecule has 3 aromatic rings. The summed E-state index contributed by atoms with van der Waals surface area (Å²) in [6.07, 6.45) is 1.62. The molecule has 0 N–H and O–H groups in total. The van der Waals surface area contributed by atoms with E-state index in [4.69, 9.17) is 14.0 Å². The molecule has 9 heteroatoms. The maximum absolute atomic E-state index is 12.5. The summed E-state index contributed by atoms with van der Waals surface area (Å²) in [5, 5.41) is 8.07. The quantitative estimate of drug-likeness (QED) is 0.616. The fourth-order valence-corrected chi connectivity index (χ4v) is 3.04. The molecule has 0 saturated carbocycles. The molecule has 0 unspecified atom stereocenters. The minimum Gasteiger partial charge on any atom is -0.487 e. The second-order valence-corrected chi connectivity index (χ2v) is 6.45. The Morgan fingerprint density at radius 2 is 2.04 bits per heavy atom. The summed E-state index contributed by atoms with van der Waals surface area (Å²) in [5.74, 6) is 1.66. The number of hydrogen-bond donors (Lipinski definition) is 0. The van der Waals surface area contributed by atoms with Crippen molar-refractivity contribution in [1.82, 2.24) is 24.8 Å². The van der Waals surface area contributed by atoms with Gasteiger partial charge in [0, 0.05) is 25.4 Å². The summed E-state index contributed by atoms with van der Waals surface area (Å²) in [5.41, 5.74) is 1.44. The molecule has 2 aromatic heterocycles. The summed E-state index contributed by atoms with van der Waals surface area (Å²) < 4.78 is 17.7. The molecule has 1 aromatic carbocycles. The van der Waals surface area contributed by atoms with Gasteiger partial charge in [0.2, 0.25) is 5.82 Å². The van der Waals surface area contributed by atoms with Crippen molar-refractivity contribution >= 4 is 5.91 Å². The Labute approximate surface area is 161 Å². The van der Waals surface area contributed by atoms with Crippen LogP contribution in [0.15, 0.2) is 41.1 Å². The Balaban J connectivity index is 1.32. The maximum atomic E-state index is 12.5. The molecule has 9 nitrogen and oxygen atoms in total. The number of aryl methyl sites for hydroxylation is 1. The minimum atomic E-state index is -0.0220. The molecule has 0 bridgehead atoms. The van der Waals surface area contributed by atoms with E-state index in [0.717, 1.165) is 11.3 Å². The Kier molecular flexibility index (Phi) is 5.07. The third-order valence-corrected chi connectivity index (χ3v) is 4.52. The van der Waals surface area contributed by atoms with E-state index in [1.165, 1.54) is 0 Å². The maximum Gasteiger partial charge on any atom is 0.272 e. The molecule has 4 rings (SSSR count). The molecular formula is C19H21N5O4. The van der Waals surface area contributed by atoms with E-state index in [1.807, 2.05) is 31.2 Å². The Morgan fingerprint density at radius 1 is 1.25 bits per heavy atom. The van der Waals surface area contributed by atoms with Crippen LogP contribution in [0.4, 0.5) is 0 Å². The molecule has 146 valence electrons. The summed E-state index contributed by atoms with van der Waals surface area (Å²) in [6, 6.07) is 9.21. The number of carbonyl (C=O) groups excluding carboxylic acids is 1. The van der Waals surface area contributed by atoms with Gasteiger partial charge in [0.25, 0.3) is 11.8 Å². The monoisotopic (exact) mass is 383 g/mol. The van der Waals surface area contributed by atoms with E-state index in [2.05, 4.69) is 15.2 Å². The van der Waals surface area contributed by atoms with Crippen molar-refractivity contribution in [2.45, 2.75) is 26.2 Å². The van der Waals surface area contributed by atoms with Crippen molar-refractivity contribution < 1.29 is 18.8 Å². The van der Waals surface area contributed by atoms with Crippen molar-refractivity contribution in [1.29, 1.82) is 0 Å². The summed E-state index contributed by atoms with van der Waals surface area (Å²) >= 11 is 0. The van der Waals surface area contributed by atoms with Gasteiger partial charge in [0.05, 0.1) is 13.1 Å². The summed E-state index contributed by atoms with van der Waals surface area (Å²) in [4.78, 5) is 18.5. The van der Waals surface area contributed by atoms with Gasteiger partial charge in [-0.2, -0.15) is 10.1 Å². The number of ether oxygens (including phenoxy) is 2. The lowest BCUT2D eigenvalue weighted by atomic mass is 10.1. The number of hydrogen-bond acceptors (Lipinski definition) is 7. The zero-order valence-electron chi connectivity index (χ0n) is 15.7. The number of amides is 1. The van der Waals surface area contributed by atoms with Gasteiger partial charge in [-0.05, 0) is 37.3 Å². The molecule has 1 aliphatic heterocycles. The van der Waals surface area contributed by atoms with Crippen molar-refractivity contribution in [3.63, 3.8) is 0 Å². The lowest BCUT2D eigenvalue weighted by Gasteiger charge is -2.38. The SMILES string of the molecule is CCn1nccc1C(=O)N1CC(Oc2ccc(-c3noc(COC)n3)cc2)C1. The predicted octanol–water partition coefficient (Wildman–Crippen LogP) is 2.00. The zero-order valence-corrected chi connectivity index (χ0v) is 15.7. The number of benzene rings is 1. The van der Waals surface area contributed by atoms with E-state index in [-0.39, 0.29) is 18.6 Å². The third-order valence-electron chi connectivity index (χ3n) is 4.52. The number of carbonyl (C=O) groups is 1. The molecule has 1 fully saturated rings. The van der Waals surface area contributed by atoms with Crippen molar-refractivity contribution in [3.8, 4) is 17.1 Å². The molecule has 0 spiro atoms. The first-order chi connectivity index (χ1) is 13.7. The first-order valence-corrected chi connectivity index (χ1v) is 9.07. The summed E-state index contributed by atoms with van der Waals surface area (Å²) in [6.45, 7) is 4.02. The van der Waals surface area contributed by atoms with Crippen LogP contribution < -0.4 is 4.74 Å². The van der Waals surface area contributed by atoms with Crippen LogP contribution in [-0.2, 0) is 17.9 Å². The van der Waals surface area contributed by atoms with Crippen LogP contribution in [0.25, 0.3) is 11.4 Å². The third kappa shape index (κ3) is 3.61. The Bertz CT molecular complexity index is 943. The van der Waals surface area contributed by atoms with Gasteiger partial charge in [-0.1, -0.05) is 5.16 Å². The molecule has 1 aliphatic rings. The molecule has 28 heavy (non-hydrogen) atoms. The minimum absolute atomic E-state index is 0.0153. The molecular weight excluding hydrogens is 362 g/mol. The van der Waals surface area contributed by atoms with Gasteiger partial charge < -0.3 is 18.9 Å². The van der Waals surface area contributed by atoms with Crippen LogP contribution in [0.5, 0.6) is 5.75 Å². The van der Waals surface area contributed by atoms with Gasteiger partial charge in [0.15, 0.2) is 0 Å². The number of likely N-dealkylation sites (tertiary alicyclic amines) is 1. The smallest absolute Gasteiger partial charge is 0.272 e. The standard InChI is InChI=1S/C19H21N5O4/c1-3-24-16(8-9-20-24)19(25)23-10-15(11-23)27-14-6-4-13(5-7-14)18-21-17(12-26-2)28-22-18/h4-9,15H,3,10-12H2,1-2H3. The highest BCUT2D eigenvalue weighted by molar-refractivity contribution is 5.93. The molecule has 0 aliphatic carbocycles. The molecule has 0 radical (unpaired) electrons. The van der Waals surface area contributed by atoms with Crippen molar-refractivity contribution in [2.75, 3.05) is 20.2 Å². The van der Waals surface area contributed by atoms with Crippen LogP contribution in [0, 0.1) is 0 Å². The number of nitrogens with zero attached hydrogens (tertiary/aromatic N) is 5. The van der Waals surface area contributed by atoms with E-state index >= 15 is 0 Å². The van der Waals surface area contributed by atoms with Crippen molar-refractivity contribution in [3.05, 3.63) is 48.1 Å². The lowest BCUT2D eigenvalue weighted by molar-refractivity contribution is 0.0169. The van der Waals surface area contributed by atoms with E-state index in [9.17, 15) is 4.79 Å². The largest absolute Gasteiger partial charge is 0.487 e. The van der Waals surface area contributed by atoms with Gasteiger partial charge in [0.1, 0.15) is 24.2 Å². The average Bonchev–Trinajstić information content (AvgIpc) is 3.34. The van der Waals surface area contributed by atoms with Crippen LogP contribution in [0.1, 0.15) is 23.3 Å². The highest BCUT2D eigenvalue weighted by Crippen LogP contribution is 2.23.